The van der Waals surface area contributed by atoms with Gasteiger partial charge < -0.3 is 14.8 Å². The molecule has 1 atom stereocenters. The molecule has 0 unspecified atom stereocenters. The van der Waals surface area contributed by atoms with Crippen molar-refractivity contribution >= 4 is 11.6 Å². The predicted molar refractivity (Wildman–Crippen MR) is 93.8 cm³/mol. The number of ether oxygens (including phenoxy) is 2. The number of likely N-dealkylation sites (N-methyl/N-ethyl adjacent to an activating group) is 1. The summed E-state index contributed by atoms with van der Waals surface area (Å²) in [4.78, 5) is 14.4. The van der Waals surface area contributed by atoms with E-state index in [1.807, 2.05) is 55.6 Å². The van der Waals surface area contributed by atoms with Gasteiger partial charge in [0.1, 0.15) is 5.75 Å². The van der Waals surface area contributed by atoms with Crippen LogP contribution in [0.1, 0.15) is 12.8 Å². The van der Waals surface area contributed by atoms with Crippen LogP contribution in [0.2, 0.25) is 0 Å². The van der Waals surface area contributed by atoms with Crippen molar-refractivity contribution in [3.63, 3.8) is 0 Å². The SMILES string of the molecule is COc1ccccc1Oc1ccc(NC(=O)[C@@H]2CCCN2C)cc1. The molecule has 5 nitrogen and oxygen atoms in total. The predicted octanol–water partition coefficient (Wildman–Crippen LogP) is 3.52. The Kier molecular flexibility index (Phi) is 5.01. The first kappa shape index (κ1) is 16.3. The Bertz CT molecular complexity index is 700. The van der Waals surface area contributed by atoms with Crippen molar-refractivity contribution in [2.75, 3.05) is 26.0 Å². The van der Waals surface area contributed by atoms with Gasteiger partial charge in [0.2, 0.25) is 5.91 Å². The van der Waals surface area contributed by atoms with Gasteiger partial charge in [-0.1, -0.05) is 12.1 Å². The van der Waals surface area contributed by atoms with Gasteiger partial charge in [0.25, 0.3) is 0 Å². The van der Waals surface area contributed by atoms with Crippen LogP contribution in [-0.4, -0.2) is 37.6 Å². The second-order valence-corrected chi connectivity index (χ2v) is 5.91. The zero-order valence-corrected chi connectivity index (χ0v) is 14.0. The summed E-state index contributed by atoms with van der Waals surface area (Å²) in [6.45, 7) is 0.976. The Morgan fingerprint density at radius 3 is 2.46 bits per heavy atom. The van der Waals surface area contributed by atoms with Crippen LogP contribution < -0.4 is 14.8 Å². The number of rotatable bonds is 5. The van der Waals surface area contributed by atoms with Crippen molar-refractivity contribution in [1.29, 1.82) is 0 Å². The number of carbonyl (C=O) groups excluding carboxylic acids is 1. The summed E-state index contributed by atoms with van der Waals surface area (Å²) in [6.07, 6.45) is 1.98. The Hall–Kier alpha value is -2.53. The second-order valence-electron chi connectivity index (χ2n) is 5.91. The minimum absolute atomic E-state index is 0.0329. The molecule has 0 aliphatic carbocycles. The van der Waals surface area contributed by atoms with Crippen molar-refractivity contribution in [1.82, 2.24) is 4.90 Å². The lowest BCUT2D eigenvalue weighted by Crippen LogP contribution is -2.37. The number of hydrogen-bond acceptors (Lipinski definition) is 4. The number of likely N-dealkylation sites (tertiary alicyclic amines) is 1. The summed E-state index contributed by atoms with van der Waals surface area (Å²) in [7, 11) is 3.60. The Labute approximate surface area is 142 Å². The number of carbonyl (C=O) groups is 1. The quantitative estimate of drug-likeness (QED) is 0.913. The number of para-hydroxylation sites is 2. The minimum Gasteiger partial charge on any atom is -0.493 e. The van der Waals surface area contributed by atoms with Crippen LogP contribution >= 0.6 is 0 Å². The maximum absolute atomic E-state index is 12.3. The van der Waals surface area contributed by atoms with E-state index in [0.717, 1.165) is 25.1 Å². The molecule has 1 saturated heterocycles. The molecule has 0 bridgehead atoms. The highest BCUT2D eigenvalue weighted by atomic mass is 16.5. The van der Waals surface area contributed by atoms with E-state index in [4.69, 9.17) is 9.47 Å². The lowest BCUT2D eigenvalue weighted by Gasteiger charge is -2.18. The standard InChI is InChI=1S/C19H22N2O3/c1-21-13-5-6-16(21)19(22)20-14-9-11-15(12-10-14)24-18-8-4-3-7-17(18)23-2/h3-4,7-12,16H,5-6,13H2,1-2H3,(H,20,22)/t16-/m0/s1. The molecule has 3 rings (SSSR count). The summed E-state index contributed by atoms with van der Waals surface area (Å²) < 4.78 is 11.1. The summed E-state index contributed by atoms with van der Waals surface area (Å²) in [5.41, 5.74) is 0.771. The number of anilines is 1. The van der Waals surface area contributed by atoms with Gasteiger partial charge in [0.15, 0.2) is 11.5 Å². The zero-order valence-electron chi connectivity index (χ0n) is 14.0. The molecule has 0 spiro atoms. The Morgan fingerprint density at radius 1 is 1.12 bits per heavy atom. The number of nitrogens with one attached hydrogen (secondary N) is 1. The maximum Gasteiger partial charge on any atom is 0.241 e. The molecule has 1 heterocycles. The van der Waals surface area contributed by atoms with Crippen molar-refractivity contribution in [2.24, 2.45) is 0 Å². The molecule has 1 aliphatic heterocycles. The molecule has 2 aromatic carbocycles. The third kappa shape index (κ3) is 3.68. The summed E-state index contributed by atoms with van der Waals surface area (Å²) >= 11 is 0. The summed E-state index contributed by atoms with van der Waals surface area (Å²) in [6, 6.07) is 14.8. The van der Waals surface area contributed by atoms with Crippen LogP contribution in [-0.2, 0) is 4.79 Å². The van der Waals surface area contributed by atoms with E-state index in [1.54, 1.807) is 7.11 Å². The number of amides is 1. The van der Waals surface area contributed by atoms with Crippen LogP contribution in [0.25, 0.3) is 0 Å². The highest BCUT2D eigenvalue weighted by Gasteiger charge is 2.27. The third-order valence-electron chi connectivity index (χ3n) is 4.24. The number of hydrogen-bond donors (Lipinski definition) is 1. The molecule has 1 fully saturated rings. The van der Waals surface area contributed by atoms with Gasteiger partial charge in [0.05, 0.1) is 13.2 Å². The first-order chi connectivity index (χ1) is 11.7. The van der Waals surface area contributed by atoms with Gasteiger partial charge in [0, 0.05) is 5.69 Å². The molecular formula is C19H22N2O3. The smallest absolute Gasteiger partial charge is 0.241 e. The van der Waals surface area contributed by atoms with Gasteiger partial charge in [-0.15, -0.1) is 0 Å². The Morgan fingerprint density at radius 2 is 1.83 bits per heavy atom. The molecule has 2 aromatic rings. The summed E-state index contributed by atoms with van der Waals surface area (Å²) in [5, 5.41) is 2.97. The van der Waals surface area contributed by atoms with Crippen LogP contribution in [0.3, 0.4) is 0 Å². The average Bonchev–Trinajstić information content (AvgIpc) is 3.03. The molecule has 1 N–H and O–H groups in total. The molecule has 1 aliphatic rings. The molecule has 0 saturated carbocycles. The molecule has 24 heavy (non-hydrogen) atoms. The fraction of sp³-hybridized carbons (Fsp3) is 0.316. The van der Waals surface area contributed by atoms with Crippen molar-refractivity contribution in [2.45, 2.75) is 18.9 Å². The third-order valence-corrected chi connectivity index (χ3v) is 4.24. The average molecular weight is 326 g/mol. The molecule has 1 amide bonds. The van der Waals surface area contributed by atoms with E-state index in [-0.39, 0.29) is 11.9 Å². The minimum atomic E-state index is -0.0329. The van der Waals surface area contributed by atoms with E-state index in [9.17, 15) is 4.79 Å². The lowest BCUT2D eigenvalue weighted by molar-refractivity contribution is -0.119. The highest BCUT2D eigenvalue weighted by molar-refractivity contribution is 5.95. The number of benzene rings is 2. The van der Waals surface area contributed by atoms with E-state index < -0.39 is 0 Å². The van der Waals surface area contributed by atoms with Crippen molar-refractivity contribution in [3.8, 4) is 17.2 Å². The van der Waals surface area contributed by atoms with Gasteiger partial charge in [-0.2, -0.15) is 0 Å². The van der Waals surface area contributed by atoms with Crippen LogP contribution in [0.4, 0.5) is 5.69 Å². The molecular weight excluding hydrogens is 304 g/mol. The zero-order chi connectivity index (χ0) is 16.9. The largest absolute Gasteiger partial charge is 0.493 e. The van der Waals surface area contributed by atoms with E-state index in [0.29, 0.717) is 17.2 Å². The van der Waals surface area contributed by atoms with Gasteiger partial charge in [-0.3, -0.25) is 9.69 Å². The fourth-order valence-electron chi connectivity index (χ4n) is 2.90. The van der Waals surface area contributed by atoms with Crippen LogP contribution in [0.15, 0.2) is 48.5 Å². The van der Waals surface area contributed by atoms with E-state index in [1.165, 1.54) is 0 Å². The number of methoxy groups -OCH3 is 1. The Balaban J connectivity index is 1.64. The maximum atomic E-state index is 12.3. The molecule has 5 heteroatoms. The first-order valence-electron chi connectivity index (χ1n) is 8.09. The van der Waals surface area contributed by atoms with Crippen molar-refractivity contribution < 1.29 is 14.3 Å². The fourth-order valence-corrected chi connectivity index (χ4v) is 2.90. The lowest BCUT2D eigenvalue weighted by atomic mass is 10.2. The van der Waals surface area contributed by atoms with E-state index in [2.05, 4.69) is 10.2 Å². The van der Waals surface area contributed by atoms with Gasteiger partial charge in [-0.05, 0) is 62.8 Å². The topological polar surface area (TPSA) is 50.8 Å². The molecule has 126 valence electrons. The van der Waals surface area contributed by atoms with E-state index >= 15 is 0 Å². The molecule has 0 aromatic heterocycles. The molecule has 0 radical (unpaired) electrons. The number of nitrogens with zero attached hydrogens (tertiary/aromatic N) is 1. The van der Waals surface area contributed by atoms with Gasteiger partial charge >= 0.3 is 0 Å². The van der Waals surface area contributed by atoms with Gasteiger partial charge in [-0.25, -0.2) is 0 Å². The normalized spacial score (nSPS) is 17.5. The second kappa shape index (κ2) is 7.36. The van der Waals surface area contributed by atoms with Crippen molar-refractivity contribution in [3.05, 3.63) is 48.5 Å². The van der Waals surface area contributed by atoms with Crippen LogP contribution in [0.5, 0.6) is 17.2 Å². The highest BCUT2D eigenvalue weighted by Crippen LogP contribution is 2.31. The summed E-state index contributed by atoms with van der Waals surface area (Å²) in [5.74, 6) is 2.08. The monoisotopic (exact) mass is 326 g/mol. The first-order valence-corrected chi connectivity index (χ1v) is 8.09. The van der Waals surface area contributed by atoms with Crippen LogP contribution in [0, 0.1) is 0 Å².